The molecule has 1 aliphatic rings. The molecule has 4 nitrogen and oxygen atoms in total. The van der Waals surface area contributed by atoms with E-state index in [1.54, 1.807) is 6.20 Å². The molecule has 0 aromatic carbocycles. The van der Waals surface area contributed by atoms with E-state index < -0.39 is 11.4 Å². The third-order valence-electron chi connectivity index (χ3n) is 2.81. The van der Waals surface area contributed by atoms with Crippen molar-refractivity contribution < 1.29 is 9.90 Å². The van der Waals surface area contributed by atoms with Crippen LogP contribution >= 0.6 is 0 Å². The smallest absolute Gasteiger partial charge is 0.317 e. The number of hydrogen-bond acceptors (Lipinski definition) is 2. The zero-order valence-electron chi connectivity index (χ0n) is 7.74. The SMILES string of the molecule is Cc1cnc(C2(C(=O)O)CC2)n1C. The summed E-state index contributed by atoms with van der Waals surface area (Å²) in [5, 5.41) is 9.04. The number of imidazole rings is 1. The fourth-order valence-electron chi connectivity index (χ4n) is 1.60. The Hall–Kier alpha value is -1.32. The molecule has 13 heavy (non-hydrogen) atoms. The van der Waals surface area contributed by atoms with Crippen LogP contribution in [0, 0.1) is 6.92 Å². The zero-order chi connectivity index (χ0) is 9.64. The third kappa shape index (κ3) is 0.978. The largest absolute Gasteiger partial charge is 0.480 e. The number of aryl methyl sites for hydroxylation is 1. The van der Waals surface area contributed by atoms with Crippen molar-refractivity contribution >= 4 is 5.97 Å². The second-order valence-electron chi connectivity index (χ2n) is 3.67. The summed E-state index contributed by atoms with van der Waals surface area (Å²) >= 11 is 0. The van der Waals surface area contributed by atoms with Crippen LogP contribution in [0.5, 0.6) is 0 Å². The minimum atomic E-state index is -0.749. The lowest BCUT2D eigenvalue weighted by Crippen LogP contribution is -2.23. The van der Waals surface area contributed by atoms with E-state index in [9.17, 15) is 4.79 Å². The molecule has 70 valence electrons. The zero-order valence-corrected chi connectivity index (χ0v) is 7.74. The fraction of sp³-hybridized carbons (Fsp3) is 0.556. The molecule has 0 radical (unpaired) electrons. The van der Waals surface area contributed by atoms with E-state index >= 15 is 0 Å². The average Bonchev–Trinajstić information content (AvgIpc) is 2.80. The predicted molar refractivity (Wildman–Crippen MR) is 46.5 cm³/mol. The van der Waals surface area contributed by atoms with Gasteiger partial charge in [0.15, 0.2) is 0 Å². The Morgan fingerprint density at radius 1 is 1.69 bits per heavy atom. The molecule has 1 N–H and O–H groups in total. The lowest BCUT2D eigenvalue weighted by molar-refractivity contribution is -0.140. The number of aliphatic carboxylic acids is 1. The topological polar surface area (TPSA) is 55.1 Å². The number of nitrogens with zero attached hydrogens (tertiary/aromatic N) is 2. The van der Waals surface area contributed by atoms with Crippen LogP contribution in [-0.2, 0) is 17.3 Å². The van der Waals surface area contributed by atoms with Crippen molar-refractivity contribution in [1.29, 1.82) is 0 Å². The summed E-state index contributed by atoms with van der Waals surface area (Å²) in [4.78, 5) is 15.1. The number of carbonyl (C=O) groups is 1. The van der Waals surface area contributed by atoms with Crippen molar-refractivity contribution in [2.45, 2.75) is 25.2 Å². The van der Waals surface area contributed by atoms with Gasteiger partial charge in [-0.2, -0.15) is 0 Å². The van der Waals surface area contributed by atoms with E-state index in [0.29, 0.717) is 18.7 Å². The summed E-state index contributed by atoms with van der Waals surface area (Å²) in [5.41, 5.74) is 0.325. The van der Waals surface area contributed by atoms with E-state index in [-0.39, 0.29) is 0 Å². The quantitative estimate of drug-likeness (QED) is 0.733. The van der Waals surface area contributed by atoms with E-state index in [2.05, 4.69) is 4.98 Å². The number of rotatable bonds is 2. The van der Waals surface area contributed by atoms with Crippen LogP contribution < -0.4 is 0 Å². The molecule has 1 saturated carbocycles. The van der Waals surface area contributed by atoms with E-state index in [1.165, 1.54) is 0 Å². The van der Waals surface area contributed by atoms with Gasteiger partial charge in [0.05, 0.1) is 0 Å². The third-order valence-corrected chi connectivity index (χ3v) is 2.81. The Bertz CT molecular complexity index is 364. The van der Waals surface area contributed by atoms with Gasteiger partial charge in [-0.25, -0.2) is 4.98 Å². The summed E-state index contributed by atoms with van der Waals surface area (Å²) in [6.45, 7) is 1.93. The highest BCUT2D eigenvalue weighted by Gasteiger charge is 2.54. The van der Waals surface area contributed by atoms with Crippen LogP contribution in [-0.4, -0.2) is 20.6 Å². The molecule has 0 spiro atoms. The summed E-state index contributed by atoms with van der Waals surface area (Å²) in [7, 11) is 1.86. The van der Waals surface area contributed by atoms with Gasteiger partial charge < -0.3 is 9.67 Å². The fourth-order valence-corrected chi connectivity index (χ4v) is 1.60. The molecule has 1 aliphatic carbocycles. The average molecular weight is 180 g/mol. The van der Waals surface area contributed by atoms with Crippen molar-refractivity contribution in [2.24, 2.45) is 7.05 Å². The first-order valence-corrected chi connectivity index (χ1v) is 4.30. The molecule has 0 amide bonds. The number of carboxylic acid groups (broad SMARTS) is 1. The van der Waals surface area contributed by atoms with Gasteiger partial charge in [-0.3, -0.25) is 4.79 Å². The Kier molecular flexibility index (Phi) is 1.49. The molecular weight excluding hydrogens is 168 g/mol. The van der Waals surface area contributed by atoms with E-state index in [1.807, 2.05) is 18.5 Å². The summed E-state index contributed by atoms with van der Waals surface area (Å²) in [6, 6.07) is 0. The second kappa shape index (κ2) is 2.34. The van der Waals surface area contributed by atoms with Gasteiger partial charge >= 0.3 is 5.97 Å². The van der Waals surface area contributed by atoms with E-state index in [4.69, 9.17) is 5.11 Å². The second-order valence-corrected chi connectivity index (χ2v) is 3.67. The number of carboxylic acids is 1. The van der Waals surface area contributed by atoms with Crippen LogP contribution in [0.4, 0.5) is 0 Å². The first-order valence-electron chi connectivity index (χ1n) is 4.30. The number of aromatic nitrogens is 2. The Morgan fingerprint density at radius 2 is 2.31 bits per heavy atom. The highest BCUT2D eigenvalue weighted by atomic mass is 16.4. The highest BCUT2D eigenvalue weighted by Crippen LogP contribution is 2.47. The molecule has 1 aromatic heterocycles. The Morgan fingerprint density at radius 3 is 2.62 bits per heavy atom. The lowest BCUT2D eigenvalue weighted by Gasteiger charge is -2.09. The number of hydrogen-bond donors (Lipinski definition) is 1. The Balaban J connectivity index is 2.46. The van der Waals surface area contributed by atoms with Crippen LogP contribution in [0.1, 0.15) is 24.4 Å². The molecule has 1 aromatic rings. The first kappa shape index (κ1) is 8.29. The minimum Gasteiger partial charge on any atom is -0.480 e. The summed E-state index contributed by atoms with van der Waals surface area (Å²) in [6.07, 6.45) is 3.15. The maximum atomic E-state index is 11.0. The normalized spacial score (nSPS) is 18.6. The van der Waals surface area contributed by atoms with Gasteiger partial charge in [0.25, 0.3) is 0 Å². The molecular formula is C9H12N2O2. The molecule has 0 unspecified atom stereocenters. The van der Waals surface area contributed by atoms with Crippen LogP contribution in [0.3, 0.4) is 0 Å². The molecule has 0 atom stereocenters. The molecule has 2 rings (SSSR count). The van der Waals surface area contributed by atoms with Gasteiger partial charge in [0.1, 0.15) is 11.2 Å². The van der Waals surface area contributed by atoms with Gasteiger partial charge in [0.2, 0.25) is 0 Å². The van der Waals surface area contributed by atoms with Crippen LogP contribution in [0.25, 0.3) is 0 Å². The molecule has 4 heteroatoms. The summed E-state index contributed by atoms with van der Waals surface area (Å²) < 4.78 is 1.86. The lowest BCUT2D eigenvalue weighted by atomic mass is 10.1. The first-order chi connectivity index (χ1) is 6.08. The maximum absolute atomic E-state index is 11.0. The van der Waals surface area contributed by atoms with E-state index in [0.717, 1.165) is 5.69 Å². The van der Waals surface area contributed by atoms with Gasteiger partial charge in [-0.15, -0.1) is 0 Å². The molecule has 1 fully saturated rings. The van der Waals surface area contributed by atoms with Crippen LogP contribution in [0.2, 0.25) is 0 Å². The summed E-state index contributed by atoms with van der Waals surface area (Å²) in [5.74, 6) is -0.0568. The van der Waals surface area contributed by atoms with Crippen LogP contribution in [0.15, 0.2) is 6.20 Å². The van der Waals surface area contributed by atoms with Crippen molar-refractivity contribution in [3.05, 3.63) is 17.7 Å². The van der Waals surface area contributed by atoms with Crippen molar-refractivity contribution in [3.63, 3.8) is 0 Å². The monoisotopic (exact) mass is 180 g/mol. The van der Waals surface area contributed by atoms with Crippen molar-refractivity contribution in [2.75, 3.05) is 0 Å². The maximum Gasteiger partial charge on any atom is 0.317 e. The van der Waals surface area contributed by atoms with Crippen molar-refractivity contribution in [3.8, 4) is 0 Å². The van der Waals surface area contributed by atoms with Gasteiger partial charge in [0, 0.05) is 18.9 Å². The molecule has 0 aliphatic heterocycles. The van der Waals surface area contributed by atoms with Crippen molar-refractivity contribution in [1.82, 2.24) is 9.55 Å². The minimum absolute atomic E-state index is 0.678. The van der Waals surface area contributed by atoms with Gasteiger partial charge in [-0.05, 0) is 19.8 Å². The Labute approximate surface area is 76.2 Å². The molecule has 1 heterocycles. The standard InChI is InChI=1S/C9H12N2O2/c1-6-5-10-7(11(6)2)9(3-4-9)8(12)13/h5H,3-4H2,1-2H3,(H,12,13). The van der Waals surface area contributed by atoms with Gasteiger partial charge in [-0.1, -0.05) is 0 Å². The molecule has 0 saturated heterocycles. The molecule has 0 bridgehead atoms. The predicted octanol–water partition coefficient (Wildman–Crippen LogP) is 0.845. The highest BCUT2D eigenvalue weighted by molar-refractivity contribution is 5.83.